The largest absolute Gasteiger partial charge is 0.368 e. The lowest BCUT2D eigenvalue weighted by molar-refractivity contribution is 0.626. The van der Waals surface area contributed by atoms with Crippen LogP contribution in [0.25, 0.3) is 11.3 Å². The molecule has 4 nitrogen and oxygen atoms in total. The standard InChI is InChI=1S/C22H21ClF2N4/c1-14-18(3-2-4-19(14)23)20-11-21(29-22(26)28-20)27-13-16(12-24)6-5-15-7-9-17(25)10-8-15/h2-4,7-12H,5-6,13H2,1H3,(H3,26,27,28,29)/b16-12-. The third-order valence-corrected chi connectivity index (χ3v) is 5.00. The van der Waals surface area contributed by atoms with E-state index in [1.807, 2.05) is 25.1 Å². The van der Waals surface area contributed by atoms with Crippen LogP contribution in [0.5, 0.6) is 0 Å². The second-order valence-corrected chi connectivity index (χ2v) is 7.06. The summed E-state index contributed by atoms with van der Waals surface area (Å²) in [6.45, 7) is 2.17. The van der Waals surface area contributed by atoms with Gasteiger partial charge in [-0.2, -0.15) is 4.98 Å². The van der Waals surface area contributed by atoms with Gasteiger partial charge in [0.05, 0.1) is 12.0 Å². The van der Waals surface area contributed by atoms with Crippen LogP contribution in [0.3, 0.4) is 0 Å². The molecular formula is C22H21ClF2N4. The molecule has 0 radical (unpaired) electrons. The zero-order valence-electron chi connectivity index (χ0n) is 15.9. The molecule has 0 unspecified atom stereocenters. The highest BCUT2D eigenvalue weighted by Gasteiger charge is 2.10. The molecule has 29 heavy (non-hydrogen) atoms. The van der Waals surface area contributed by atoms with E-state index in [-0.39, 0.29) is 18.3 Å². The predicted octanol–water partition coefficient (Wildman–Crippen LogP) is 5.72. The number of anilines is 2. The van der Waals surface area contributed by atoms with Crippen LogP contribution in [0, 0.1) is 12.7 Å². The smallest absolute Gasteiger partial charge is 0.222 e. The number of halogens is 3. The van der Waals surface area contributed by atoms with Crippen molar-refractivity contribution in [2.45, 2.75) is 19.8 Å². The molecular weight excluding hydrogens is 394 g/mol. The van der Waals surface area contributed by atoms with E-state index in [0.29, 0.717) is 41.3 Å². The van der Waals surface area contributed by atoms with Crippen molar-refractivity contribution in [3.05, 3.63) is 82.4 Å². The van der Waals surface area contributed by atoms with Gasteiger partial charge >= 0.3 is 0 Å². The Morgan fingerprint density at radius 2 is 1.93 bits per heavy atom. The third-order valence-electron chi connectivity index (χ3n) is 4.59. The summed E-state index contributed by atoms with van der Waals surface area (Å²) in [5, 5.41) is 3.73. The first-order valence-electron chi connectivity index (χ1n) is 9.12. The molecule has 0 aliphatic heterocycles. The number of benzene rings is 2. The maximum atomic E-state index is 13.3. The maximum absolute atomic E-state index is 13.3. The van der Waals surface area contributed by atoms with Gasteiger partial charge in [0.2, 0.25) is 5.95 Å². The van der Waals surface area contributed by atoms with Gasteiger partial charge in [0.25, 0.3) is 0 Å². The molecule has 0 bridgehead atoms. The van der Waals surface area contributed by atoms with E-state index in [2.05, 4.69) is 15.3 Å². The molecule has 0 atom stereocenters. The molecule has 2 aromatic carbocycles. The summed E-state index contributed by atoms with van der Waals surface area (Å²) >= 11 is 6.20. The first-order valence-corrected chi connectivity index (χ1v) is 9.50. The Labute approximate surface area is 173 Å². The molecule has 0 aliphatic carbocycles. The first-order chi connectivity index (χ1) is 14.0. The normalized spacial score (nSPS) is 11.5. The minimum Gasteiger partial charge on any atom is -0.368 e. The zero-order valence-corrected chi connectivity index (χ0v) is 16.7. The van der Waals surface area contributed by atoms with Crippen LogP contribution in [0.4, 0.5) is 20.5 Å². The van der Waals surface area contributed by atoms with Crippen LogP contribution in [0.2, 0.25) is 5.02 Å². The number of aromatic nitrogens is 2. The van der Waals surface area contributed by atoms with Gasteiger partial charge in [-0.15, -0.1) is 0 Å². The Kier molecular flexibility index (Phi) is 6.77. The van der Waals surface area contributed by atoms with Crippen molar-refractivity contribution < 1.29 is 8.78 Å². The molecule has 7 heteroatoms. The average molecular weight is 415 g/mol. The molecule has 0 spiro atoms. The molecule has 3 rings (SSSR count). The molecule has 0 aliphatic rings. The SMILES string of the molecule is Cc1c(Cl)cccc1-c1cc(NC/C(=C\F)CCc2ccc(F)cc2)nc(N)n1. The van der Waals surface area contributed by atoms with Gasteiger partial charge in [0.1, 0.15) is 11.6 Å². The number of rotatable bonds is 7. The Balaban J connectivity index is 1.68. The number of hydrogen-bond donors (Lipinski definition) is 2. The lowest BCUT2D eigenvalue weighted by atomic mass is 10.0. The number of hydrogen-bond acceptors (Lipinski definition) is 4. The van der Waals surface area contributed by atoms with Gasteiger partial charge < -0.3 is 11.1 Å². The number of aryl methyl sites for hydroxylation is 1. The highest BCUT2D eigenvalue weighted by Crippen LogP contribution is 2.28. The van der Waals surface area contributed by atoms with Gasteiger partial charge in [-0.1, -0.05) is 35.9 Å². The van der Waals surface area contributed by atoms with E-state index in [1.165, 1.54) is 12.1 Å². The molecule has 3 aromatic rings. The van der Waals surface area contributed by atoms with Crippen molar-refractivity contribution in [3.63, 3.8) is 0 Å². The van der Waals surface area contributed by atoms with E-state index in [9.17, 15) is 8.78 Å². The molecule has 150 valence electrons. The van der Waals surface area contributed by atoms with Crippen molar-refractivity contribution >= 4 is 23.4 Å². The van der Waals surface area contributed by atoms with E-state index in [1.54, 1.807) is 18.2 Å². The average Bonchev–Trinajstić information content (AvgIpc) is 2.71. The monoisotopic (exact) mass is 414 g/mol. The lowest BCUT2D eigenvalue weighted by Gasteiger charge is -2.12. The Morgan fingerprint density at radius 3 is 2.66 bits per heavy atom. The molecule has 0 saturated carbocycles. The quantitative estimate of drug-likeness (QED) is 0.518. The van der Waals surface area contributed by atoms with E-state index in [4.69, 9.17) is 17.3 Å². The zero-order chi connectivity index (χ0) is 20.8. The number of nitrogens with two attached hydrogens (primary N) is 1. The summed E-state index contributed by atoms with van der Waals surface area (Å²) in [5.74, 6) is 0.318. The number of nitrogen functional groups attached to an aromatic ring is 1. The van der Waals surface area contributed by atoms with Gasteiger partial charge in [0.15, 0.2) is 0 Å². The highest BCUT2D eigenvalue weighted by atomic mass is 35.5. The Morgan fingerprint density at radius 1 is 1.17 bits per heavy atom. The fraction of sp³-hybridized carbons (Fsp3) is 0.182. The number of nitrogens with one attached hydrogen (secondary N) is 1. The number of nitrogens with zero attached hydrogens (tertiary/aromatic N) is 2. The van der Waals surface area contributed by atoms with Gasteiger partial charge in [-0.25, -0.2) is 13.8 Å². The molecule has 3 N–H and O–H groups in total. The van der Waals surface area contributed by atoms with E-state index >= 15 is 0 Å². The molecule has 0 fully saturated rings. The summed E-state index contributed by atoms with van der Waals surface area (Å²) in [6, 6.07) is 13.5. The predicted molar refractivity (Wildman–Crippen MR) is 114 cm³/mol. The molecule has 1 heterocycles. The van der Waals surface area contributed by atoms with Crippen LogP contribution in [-0.2, 0) is 6.42 Å². The van der Waals surface area contributed by atoms with Gasteiger partial charge in [0, 0.05) is 23.2 Å². The van der Waals surface area contributed by atoms with Crippen molar-refractivity contribution in [1.29, 1.82) is 0 Å². The van der Waals surface area contributed by atoms with Crippen LogP contribution in [-0.4, -0.2) is 16.5 Å². The van der Waals surface area contributed by atoms with E-state index < -0.39 is 0 Å². The lowest BCUT2D eigenvalue weighted by Crippen LogP contribution is -2.09. The van der Waals surface area contributed by atoms with Crippen LogP contribution in [0.15, 0.2) is 60.4 Å². The maximum Gasteiger partial charge on any atom is 0.222 e. The summed E-state index contributed by atoms with van der Waals surface area (Å²) < 4.78 is 26.3. The summed E-state index contributed by atoms with van der Waals surface area (Å²) in [5.41, 5.74) is 9.74. The topological polar surface area (TPSA) is 63.8 Å². The Bertz CT molecular complexity index is 1020. The van der Waals surface area contributed by atoms with Gasteiger partial charge in [-0.05, 0) is 54.7 Å². The van der Waals surface area contributed by atoms with Crippen LogP contribution >= 0.6 is 11.6 Å². The highest BCUT2D eigenvalue weighted by molar-refractivity contribution is 6.31. The summed E-state index contributed by atoms with van der Waals surface area (Å²) in [4.78, 5) is 8.46. The van der Waals surface area contributed by atoms with Crippen molar-refractivity contribution in [2.24, 2.45) is 0 Å². The van der Waals surface area contributed by atoms with Crippen molar-refractivity contribution in [2.75, 3.05) is 17.6 Å². The minimum atomic E-state index is -0.288. The molecule has 0 amide bonds. The van der Waals surface area contributed by atoms with Crippen molar-refractivity contribution in [3.8, 4) is 11.3 Å². The van der Waals surface area contributed by atoms with Crippen LogP contribution in [0.1, 0.15) is 17.5 Å². The van der Waals surface area contributed by atoms with Gasteiger partial charge in [-0.3, -0.25) is 0 Å². The van der Waals surface area contributed by atoms with E-state index in [0.717, 1.165) is 16.7 Å². The fourth-order valence-electron chi connectivity index (χ4n) is 2.92. The van der Waals surface area contributed by atoms with Crippen LogP contribution < -0.4 is 11.1 Å². The first kappa shape index (κ1) is 20.7. The Hall–Kier alpha value is -2.99. The molecule has 0 saturated heterocycles. The molecule has 1 aromatic heterocycles. The second-order valence-electron chi connectivity index (χ2n) is 6.66. The minimum absolute atomic E-state index is 0.112. The summed E-state index contributed by atoms with van der Waals surface area (Å²) in [6.07, 6.45) is 1.69. The van der Waals surface area contributed by atoms with Crippen molar-refractivity contribution in [1.82, 2.24) is 9.97 Å². The second kappa shape index (κ2) is 9.47. The fourth-order valence-corrected chi connectivity index (χ4v) is 3.10. The third kappa shape index (κ3) is 5.51. The summed E-state index contributed by atoms with van der Waals surface area (Å²) in [7, 11) is 0.